The van der Waals surface area contributed by atoms with E-state index in [9.17, 15) is 4.79 Å². The molecule has 0 saturated carbocycles. The quantitative estimate of drug-likeness (QED) is 0.687. The molecule has 4 rings (SSSR count). The van der Waals surface area contributed by atoms with Gasteiger partial charge in [0.15, 0.2) is 5.13 Å². The third-order valence-electron chi connectivity index (χ3n) is 4.43. The largest absolute Gasteiger partial charge is 0.381 e. The zero-order valence-electron chi connectivity index (χ0n) is 14.6. The van der Waals surface area contributed by atoms with Gasteiger partial charge in [0.1, 0.15) is 0 Å². The fraction of sp³-hybridized carbons (Fsp3) is 0.263. The molecule has 2 aromatic heterocycles. The summed E-state index contributed by atoms with van der Waals surface area (Å²) in [7, 11) is 0. The highest BCUT2D eigenvalue weighted by atomic mass is 32.1. The van der Waals surface area contributed by atoms with Gasteiger partial charge in [0.05, 0.1) is 18.1 Å². The van der Waals surface area contributed by atoms with Crippen molar-refractivity contribution in [3.8, 4) is 5.69 Å². The van der Waals surface area contributed by atoms with Gasteiger partial charge in [-0.15, -0.1) is 16.4 Å². The number of hydrogen-bond donors (Lipinski definition) is 1. The van der Waals surface area contributed by atoms with Crippen LogP contribution in [0.2, 0.25) is 0 Å². The van der Waals surface area contributed by atoms with Gasteiger partial charge < -0.3 is 4.74 Å². The molecule has 1 amide bonds. The predicted octanol–water partition coefficient (Wildman–Crippen LogP) is 3.17. The Balaban J connectivity index is 1.62. The minimum absolute atomic E-state index is 0.148. The molecule has 7 nitrogen and oxygen atoms in total. The normalized spacial score (nSPS) is 15.6. The van der Waals surface area contributed by atoms with Crippen LogP contribution in [0.1, 0.15) is 18.4 Å². The van der Waals surface area contributed by atoms with E-state index in [1.54, 1.807) is 23.3 Å². The maximum absolute atomic E-state index is 12.9. The molecule has 0 unspecified atom stereocenters. The molecule has 3 heterocycles. The van der Waals surface area contributed by atoms with Crippen LogP contribution in [0.25, 0.3) is 11.3 Å². The second kappa shape index (κ2) is 8.24. The van der Waals surface area contributed by atoms with E-state index in [-0.39, 0.29) is 5.91 Å². The molecule has 8 heteroatoms. The number of ether oxygens (including phenoxy) is 1. The highest BCUT2D eigenvalue weighted by molar-refractivity contribution is 7.13. The first-order valence-electron chi connectivity index (χ1n) is 8.77. The van der Waals surface area contributed by atoms with Gasteiger partial charge in [-0.2, -0.15) is 0 Å². The van der Waals surface area contributed by atoms with Crippen LogP contribution in [0.5, 0.6) is 0 Å². The summed E-state index contributed by atoms with van der Waals surface area (Å²) in [6.45, 7) is 1.46. The lowest BCUT2D eigenvalue weighted by atomic mass is 9.94. The summed E-state index contributed by atoms with van der Waals surface area (Å²) in [6.07, 6.45) is 9.00. The number of anilines is 1. The monoisotopic (exact) mass is 381 g/mol. The molecular formula is C19H19N5O2S. The van der Waals surface area contributed by atoms with E-state index < -0.39 is 0 Å². The van der Waals surface area contributed by atoms with Crippen LogP contribution in [0, 0.1) is 5.92 Å². The van der Waals surface area contributed by atoms with Gasteiger partial charge in [0, 0.05) is 30.4 Å². The highest BCUT2D eigenvalue weighted by Gasteiger charge is 2.18. The molecule has 1 N–H and O–H groups in total. The number of benzene rings is 1. The maximum Gasteiger partial charge on any atom is 0.257 e. The number of allylic oxidation sites excluding steroid dienone is 1. The first-order valence-corrected chi connectivity index (χ1v) is 9.65. The second-order valence-electron chi connectivity index (χ2n) is 6.22. The molecule has 0 atom stereocenters. The number of carbonyl (C=O) groups excluding carboxylic acids is 1. The number of nitrogens with zero attached hydrogens (tertiary/aromatic N) is 4. The summed E-state index contributed by atoms with van der Waals surface area (Å²) < 4.78 is 7.12. The van der Waals surface area contributed by atoms with Crippen LogP contribution in [-0.4, -0.2) is 39.1 Å². The molecule has 1 fully saturated rings. The van der Waals surface area contributed by atoms with Crippen LogP contribution in [-0.2, 0) is 9.53 Å². The maximum atomic E-state index is 12.9. The fourth-order valence-electron chi connectivity index (χ4n) is 3.01. The zero-order chi connectivity index (χ0) is 18.5. The first-order chi connectivity index (χ1) is 13.3. The molecule has 1 aliphatic rings. The van der Waals surface area contributed by atoms with Crippen LogP contribution >= 0.6 is 11.3 Å². The van der Waals surface area contributed by atoms with E-state index >= 15 is 0 Å². The number of nitrogens with one attached hydrogen (secondary N) is 1. The van der Waals surface area contributed by atoms with Crippen molar-refractivity contribution in [2.24, 2.45) is 5.92 Å². The topological polar surface area (TPSA) is 81.9 Å². The highest BCUT2D eigenvalue weighted by Crippen LogP contribution is 2.25. The molecule has 1 aliphatic heterocycles. The summed E-state index contributed by atoms with van der Waals surface area (Å²) >= 11 is 1.40. The summed E-state index contributed by atoms with van der Waals surface area (Å²) in [5.74, 6) is 0.177. The van der Waals surface area contributed by atoms with Gasteiger partial charge in [-0.05, 0) is 36.5 Å². The summed E-state index contributed by atoms with van der Waals surface area (Å²) in [6, 6.07) is 7.73. The third kappa shape index (κ3) is 4.29. The van der Waals surface area contributed by atoms with Gasteiger partial charge in [0.2, 0.25) is 0 Å². The second-order valence-corrected chi connectivity index (χ2v) is 7.11. The summed E-state index contributed by atoms with van der Waals surface area (Å²) in [4.78, 5) is 17.1. The lowest BCUT2D eigenvalue weighted by Gasteiger charge is -2.20. The Morgan fingerprint density at radius 1 is 1.22 bits per heavy atom. The number of amides is 1. The lowest BCUT2D eigenvalue weighted by Crippen LogP contribution is -2.18. The van der Waals surface area contributed by atoms with Crippen molar-refractivity contribution in [2.45, 2.75) is 12.8 Å². The van der Waals surface area contributed by atoms with Gasteiger partial charge in [-0.3, -0.25) is 10.1 Å². The van der Waals surface area contributed by atoms with Crippen molar-refractivity contribution in [2.75, 3.05) is 18.5 Å². The summed E-state index contributed by atoms with van der Waals surface area (Å²) in [5, 5.41) is 13.1. The van der Waals surface area contributed by atoms with Crippen molar-refractivity contribution < 1.29 is 9.53 Å². The summed E-state index contributed by atoms with van der Waals surface area (Å²) in [5.41, 5.74) is 2.41. The Morgan fingerprint density at radius 3 is 2.70 bits per heavy atom. The zero-order valence-corrected chi connectivity index (χ0v) is 15.4. The molecule has 0 aliphatic carbocycles. The Morgan fingerprint density at radius 2 is 2.04 bits per heavy atom. The molecule has 27 heavy (non-hydrogen) atoms. The molecule has 0 bridgehead atoms. The van der Waals surface area contributed by atoms with E-state index in [1.165, 1.54) is 11.3 Å². The molecule has 0 spiro atoms. The molecule has 0 radical (unpaired) electrons. The van der Waals surface area contributed by atoms with Crippen molar-refractivity contribution in [3.63, 3.8) is 0 Å². The Labute approximate surface area is 160 Å². The number of carbonyl (C=O) groups is 1. The molecule has 138 valence electrons. The van der Waals surface area contributed by atoms with Crippen LogP contribution in [0.15, 0.2) is 54.3 Å². The average Bonchev–Trinajstić information content (AvgIpc) is 3.41. The van der Waals surface area contributed by atoms with Gasteiger partial charge in [0.25, 0.3) is 5.91 Å². The number of thiazole rings is 1. The molecule has 1 saturated heterocycles. The number of aromatic nitrogens is 4. The predicted molar refractivity (Wildman–Crippen MR) is 104 cm³/mol. The van der Waals surface area contributed by atoms with Gasteiger partial charge in [-0.1, -0.05) is 23.4 Å². The number of rotatable bonds is 5. The van der Waals surface area contributed by atoms with Crippen molar-refractivity contribution in [1.29, 1.82) is 0 Å². The van der Waals surface area contributed by atoms with Gasteiger partial charge in [-0.25, -0.2) is 9.67 Å². The van der Waals surface area contributed by atoms with E-state index in [0.717, 1.165) is 37.3 Å². The third-order valence-corrected chi connectivity index (χ3v) is 5.12. The minimum Gasteiger partial charge on any atom is -0.381 e. The van der Waals surface area contributed by atoms with Crippen molar-refractivity contribution >= 4 is 27.9 Å². The lowest BCUT2D eigenvalue weighted by molar-refractivity contribution is -0.111. The first kappa shape index (κ1) is 17.6. The van der Waals surface area contributed by atoms with Crippen molar-refractivity contribution in [1.82, 2.24) is 20.0 Å². The van der Waals surface area contributed by atoms with Crippen molar-refractivity contribution in [3.05, 3.63) is 59.9 Å². The van der Waals surface area contributed by atoms with Crippen LogP contribution < -0.4 is 5.32 Å². The molecular weight excluding hydrogens is 362 g/mol. The van der Waals surface area contributed by atoms with E-state index in [4.69, 9.17) is 4.74 Å². The molecule has 1 aromatic carbocycles. The van der Waals surface area contributed by atoms with E-state index in [2.05, 4.69) is 26.7 Å². The number of hydrogen-bond acceptors (Lipinski definition) is 6. The standard InChI is InChI=1S/C19H19N5O2S/c25-18(22-19-20-8-12-27-19)17(13-14-5-10-26-11-6-14)15-1-3-16(4-2-15)24-9-7-21-23-24/h1-4,7-9,12-14H,5-6,10-11H2,(H,20,22,25)/b17-13+. The van der Waals surface area contributed by atoms with Crippen LogP contribution in [0.3, 0.4) is 0 Å². The Hall–Kier alpha value is -2.84. The smallest absolute Gasteiger partial charge is 0.257 e. The average molecular weight is 381 g/mol. The SMILES string of the molecule is O=C(Nc1nccs1)/C(=C/C1CCOCC1)c1ccc(-n2ccnn2)cc1. The molecule has 3 aromatic rings. The van der Waals surface area contributed by atoms with E-state index in [1.807, 2.05) is 29.6 Å². The van der Waals surface area contributed by atoms with Crippen LogP contribution in [0.4, 0.5) is 5.13 Å². The van der Waals surface area contributed by atoms with E-state index in [0.29, 0.717) is 16.6 Å². The Bertz CT molecular complexity index is 898. The van der Waals surface area contributed by atoms with Gasteiger partial charge >= 0.3 is 0 Å². The fourth-order valence-corrected chi connectivity index (χ4v) is 3.53. The minimum atomic E-state index is -0.148. The Kier molecular flexibility index (Phi) is 5.36.